The Morgan fingerprint density at radius 3 is 2.94 bits per heavy atom. The molecular weight excluding hydrogens is 238 g/mol. The predicted octanol–water partition coefficient (Wildman–Crippen LogP) is 0.629. The lowest BCUT2D eigenvalue weighted by atomic mass is 10.0. The van der Waals surface area contributed by atoms with E-state index in [-0.39, 0.29) is 5.96 Å². The fraction of sp³-hybridized carbons (Fsp3) is 0.273. The number of hydrogen-bond donors (Lipinski definition) is 3. The highest BCUT2D eigenvalue weighted by atomic mass is 32.2. The lowest BCUT2D eigenvalue weighted by Gasteiger charge is -2.20. The highest BCUT2D eigenvalue weighted by molar-refractivity contribution is 7.99. The maximum Gasteiger partial charge on any atom is 0.280 e. The molecule has 0 fully saturated rings. The SMILES string of the molecule is NC(N)=NC(=O)c1ccc2c(c1)SCCC2O. The van der Waals surface area contributed by atoms with Gasteiger partial charge in [0.15, 0.2) is 5.96 Å². The number of carbonyl (C=O) groups is 1. The zero-order chi connectivity index (χ0) is 12.4. The van der Waals surface area contributed by atoms with Crippen LogP contribution in [0.25, 0.3) is 0 Å². The molecule has 1 amide bonds. The van der Waals surface area contributed by atoms with Crippen molar-refractivity contribution < 1.29 is 9.90 Å². The molecule has 1 aliphatic heterocycles. The summed E-state index contributed by atoms with van der Waals surface area (Å²) in [4.78, 5) is 16.0. The Morgan fingerprint density at radius 1 is 1.47 bits per heavy atom. The van der Waals surface area contributed by atoms with Gasteiger partial charge in [-0.1, -0.05) is 6.07 Å². The van der Waals surface area contributed by atoms with E-state index in [1.54, 1.807) is 30.0 Å². The molecule has 0 aromatic heterocycles. The Balaban J connectivity index is 2.33. The maximum absolute atomic E-state index is 11.6. The number of aliphatic imine (C=N–C) groups is 1. The van der Waals surface area contributed by atoms with Gasteiger partial charge in [-0.2, -0.15) is 4.99 Å². The number of amides is 1. The summed E-state index contributed by atoms with van der Waals surface area (Å²) in [7, 11) is 0. The van der Waals surface area contributed by atoms with Gasteiger partial charge in [0.25, 0.3) is 5.91 Å². The molecule has 5 N–H and O–H groups in total. The van der Waals surface area contributed by atoms with Crippen LogP contribution in [0.4, 0.5) is 0 Å². The Bertz CT molecular complexity index is 484. The highest BCUT2D eigenvalue weighted by Crippen LogP contribution is 2.36. The average Bonchev–Trinajstić information content (AvgIpc) is 2.28. The van der Waals surface area contributed by atoms with E-state index >= 15 is 0 Å². The monoisotopic (exact) mass is 251 g/mol. The fourth-order valence-corrected chi connectivity index (χ4v) is 2.83. The molecule has 1 aliphatic rings. The van der Waals surface area contributed by atoms with Gasteiger partial charge >= 0.3 is 0 Å². The first-order valence-electron chi connectivity index (χ1n) is 5.16. The van der Waals surface area contributed by atoms with Crippen molar-refractivity contribution >= 4 is 23.6 Å². The smallest absolute Gasteiger partial charge is 0.280 e. The molecule has 5 nitrogen and oxygen atoms in total. The van der Waals surface area contributed by atoms with Gasteiger partial charge in [0.2, 0.25) is 0 Å². The van der Waals surface area contributed by atoms with Crippen LogP contribution in [0.3, 0.4) is 0 Å². The van der Waals surface area contributed by atoms with Crippen molar-refractivity contribution in [2.24, 2.45) is 16.5 Å². The van der Waals surface area contributed by atoms with Crippen molar-refractivity contribution in [2.75, 3.05) is 5.75 Å². The summed E-state index contributed by atoms with van der Waals surface area (Å²) < 4.78 is 0. The Kier molecular flexibility index (Phi) is 3.35. The average molecular weight is 251 g/mol. The molecule has 2 rings (SSSR count). The summed E-state index contributed by atoms with van der Waals surface area (Å²) >= 11 is 1.62. The van der Waals surface area contributed by atoms with E-state index in [2.05, 4.69) is 4.99 Å². The van der Waals surface area contributed by atoms with Gasteiger partial charge in [0.05, 0.1) is 6.10 Å². The molecule has 0 spiro atoms. The number of nitrogens with zero attached hydrogens (tertiary/aromatic N) is 1. The van der Waals surface area contributed by atoms with Crippen molar-refractivity contribution in [2.45, 2.75) is 17.4 Å². The largest absolute Gasteiger partial charge is 0.388 e. The lowest BCUT2D eigenvalue weighted by Crippen LogP contribution is -2.24. The molecule has 90 valence electrons. The molecule has 0 saturated heterocycles. The van der Waals surface area contributed by atoms with Gasteiger partial charge in [-0.05, 0) is 24.1 Å². The minimum atomic E-state index is -0.464. The molecule has 17 heavy (non-hydrogen) atoms. The molecule has 0 radical (unpaired) electrons. The summed E-state index contributed by atoms with van der Waals surface area (Å²) in [5, 5.41) is 9.77. The minimum absolute atomic E-state index is 0.250. The van der Waals surface area contributed by atoms with Crippen molar-refractivity contribution in [1.29, 1.82) is 0 Å². The van der Waals surface area contributed by atoms with Gasteiger partial charge in [-0.3, -0.25) is 4.79 Å². The number of guanidine groups is 1. The topological polar surface area (TPSA) is 102 Å². The highest BCUT2D eigenvalue weighted by Gasteiger charge is 2.19. The third-order valence-corrected chi connectivity index (χ3v) is 3.60. The predicted molar refractivity (Wildman–Crippen MR) is 66.9 cm³/mol. The molecule has 0 aliphatic carbocycles. The van der Waals surface area contributed by atoms with E-state index in [1.807, 2.05) is 0 Å². The Labute approximate surface area is 103 Å². The number of aliphatic hydroxyl groups excluding tert-OH is 1. The molecule has 6 heteroatoms. The molecule has 0 bridgehead atoms. The van der Waals surface area contributed by atoms with Crippen LogP contribution >= 0.6 is 11.8 Å². The Morgan fingerprint density at radius 2 is 2.24 bits per heavy atom. The minimum Gasteiger partial charge on any atom is -0.388 e. The van der Waals surface area contributed by atoms with E-state index in [1.165, 1.54) is 0 Å². The summed E-state index contributed by atoms with van der Waals surface area (Å²) in [6.07, 6.45) is 0.289. The zero-order valence-corrected chi connectivity index (χ0v) is 9.91. The van der Waals surface area contributed by atoms with Crippen LogP contribution in [0.2, 0.25) is 0 Å². The van der Waals surface area contributed by atoms with Crippen LogP contribution < -0.4 is 11.5 Å². The van der Waals surface area contributed by atoms with Gasteiger partial charge in [0, 0.05) is 16.2 Å². The standard InChI is InChI=1S/C11H13N3O2S/c12-11(13)14-10(16)6-1-2-7-8(15)3-4-17-9(7)5-6/h1-2,5,8,15H,3-4H2,(H4,12,13,14,16). The first-order chi connectivity index (χ1) is 8.08. The van der Waals surface area contributed by atoms with Crippen molar-refractivity contribution in [3.63, 3.8) is 0 Å². The molecule has 1 unspecified atom stereocenters. The second kappa shape index (κ2) is 4.77. The number of benzene rings is 1. The van der Waals surface area contributed by atoms with E-state index in [4.69, 9.17) is 11.5 Å². The van der Waals surface area contributed by atoms with Crippen LogP contribution in [0.5, 0.6) is 0 Å². The van der Waals surface area contributed by atoms with Gasteiger partial charge in [-0.15, -0.1) is 11.8 Å². The number of fused-ring (bicyclic) bond motifs is 1. The molecule has 0 saturated carbocycles. The molecule has 1 heterocycles. The van der Waals surface area contributed by atoms with E-state index < -0.39 is 12.0 Å². The maximum atomic E-state index is 11.6. The third kappa shape index (κ3) is 2.59. The number of aliphatic hydroxyl groups is 1. The van der Waals surface area contributed by atoms with Gasteiger partial charge in [0.1, 0.15) is 0 Å². The summed E-state index contributed by atoms with van der Waals surface area (Å²) in [6, 6.07) is 5.10. The van der Waals surface area contributed by atoms with Crippen molar-refractivity contribution in [1.82, 2.24) is 0 Å². The van der Waals surface area contributed by atoms with Crippen molar-refractivity contribution in [3.8, 4) is 0 Å². The Hall–Kier alpha value is -1.53. The van der Waals surface area contributed by atoms with Crippen LogP contribution in [0.15, 0.2) is 28.1 Å². The summed E-state index contributed by atoms with van der Waals surface area (Å²) in [6.45, 7) is 0. The fourth-order valence-electron chi connectivity index (χ4n) is 1.69. The second-order valence-electron chi connectivity index (χ2n) is 3.75. The van der Waals surface area contributed by atoms with Crippen LogP contribution in [-0.2, 0) is 0 Å². The molecule has 1 aromatic rings. The van der Waals surface area contributed by atoms with Crippen LogP contribution in [0, 0.1) is 0 Å². The van der Waals surface area contributed by atoms with E-state index in [0.29, 0.717) is 5.56 Å². The van der Waals surface area contributed by atoms with Gasteiger partial charge < -0.3 is 16.6 Å². The van der Waals surface area contributed by atoms with E-state index in [0.717, 1.165) is 22.6 Å². The first-order valence-corrected chi connectivity index (χ1v) is 6.15. The lowest BCUT2D eigenvalue weighted by molar-refractivity contribution is 0.100. The van der Waals surface area contributed by atoms with Crippen LogP contribution in [0.1, 0.15) is 28.4 Å². The number of rotatable bonds is 1. The normalized spacial score (nSPS) is 18.3. The first kappa shape index (κ1) is 11.9. The second-order valence-corrected chi connectivity index (χ2v) is 4.88. The third-order valence-electron chi connectivity index (χ3n) is 2.50. The number of thioether (sulfide) groups is 1. The quantitative estimate of drug-likeness (QED) is 0.502. The number of nitrogens with two attached hydrogens (primary N) is 2. The summed E-state index contributed by atoms with van der Waals surface area (Å²) in [5.74, 6) is 0.127. The number of hydrogen-bond acceptors (Lipinski definition) is 3. The molecular formula is C11H13N3O2S. The van der Waals surface area contributed by atoms with Crippen molar-refractivity contribution in [3.05, 3.63) is 29.3 Å². The zero-order valence-electron chi connectivity index (χ0n) is 9.09. The van der Waals surface area contributed by atoms with E-state index in [9.17, 15) is 9.90 Å². The van der Waals surface area contributed by atoms with Crippen LogP contribution in [-0.4, -0.2) is 22.7 Å². The molecule has 1 atom stereocenters. The number of carbonyl (C=O) groups excluding carboxylic acids is 1. The van der Waals surface area contributed by atoms with Gasteiger partial charge in [-0.25, -0.2) is 0 Å². The molecule has 1 aromatic carbocycles. The summed E-state index contributed by atoms with van der Waals surface area (Å²) in [5.41, 5.74) is 11.6.